The fraction of sp³-hybridized carbons (Fsp3) is 0.357. The smallest absolute Gasteiger partial charge is 0.246 e. The van der Waals surface area contributed by atoms with E-state index in [0.717, 1.165) is 5.56 Å². The Labute approximate surface area is 118 Å². The van der Waals surface area contributed by atoms with Gasteiger partial charge in [0.1, 0.15) is 5.75 Å². The number of methoxy groups -OCH3 is 1. The summed E-state index contributed by atoms with van der Waals surface area (Å²) in [7, 11) is 3.09. The summed E-state index contributed by atoms with van der Waals surface area (Å²) >= 11 is 0. The molecule has 0 radical (unpaired) electrons. The van der Waals surface area contributed by atoms with Crippen molar-refractivity contribution in [3.05, 3.63) is 36.7 Å². The molecule has 1 rings (SSSR count). The highest BCUT2D eigenvalue weighted by Crippen LogP contribution is 2.22. The first kappa shape index (κ1) is 15.7. The molecule has 6 heteroatoms. The monoisotopic (exact) mass is 277 g/mol. The number of aromatic nitrogens is 1. The second-order valence-corrected chi connectivity index (χ2v) is 4.31. The van der Waals surface area contributed by atoms with Gasteiger partial charge >= 0.3 is 0 Å². The van der Waals surface area contributed by atoms with E-state index < -0.39 is 0 Å². The van der Waals surface area contributed by atoms with Gasteiger partial charge in [-0.2, -0.15) is 0 Å². The van der Waals surface area contributed by atoms with E-state index in [9.17, 15) is 9.59 Å². The molecule has 0 fully saturated rings. The third-order valence-corrected chi connectivity index (χ3v) is 2.81. The number of pyridine rings is 1. The maximum Gasteiger partial charge on any atom is 0.246 e. The molecule has 1 unspecified atom stereocenters. The minimum Gasteiger partial charge on any atom is -0.495 e. The highest BCUT2D eigenvalue weighted by Gasteiger charge is 2.16. The minimum atomic E-state index is -0.297. The van der Waals surface area contributed by atoms with Crippen LogP contribution in [0.25, 0.3) is 0 Å². The number of likely N-dealkylation sites (N-methyl/N-ethyl adjacent to an activating group) is 1. The molecule has 0 spiro atoms. The van der Waals surface area contributed by atoms with Crippen LogP contribution >= 0.6 is 0 Å². The van der Waals surface area contributed by atoms with Crippen molar-refractivity contribution in [2.75, 3.05) is 20.7 Å². The van der Waals surface area contributed by atoms with Crippen molar-refractivity contribution in [3.8, 4) is 5.75 Å². The van der Waals surface area contributed by atoms with Crippen LogP contribution in [0.1, 0.15) is 18.5 Å². The Bertz CT molecular complexity index is 502. The van der Waals surface area contributed by atoms with E-state index in [1.807, 2.05) is 6.92 Å². The molecule has 20 heavy (non-hydrogen) atoms. The normalized spacial score (nSPS) is 11.3. The summed E-state index contributed by atoms with van der Waals surface area (Å²) in [6, 6.07) is 1.54. The molecule has 1 aromatic rings. The Hall–Kier alpha value is -2.37. The summed E-state index contributed by atoms with van der Waals surface area (Å²) in [5.41, 5.74) is 0.827. The Morgan fingerprint density at radius 1 is 1.60 bits per heavy atom. The van der Waals surface area contributed by atoms with E-state index in [0.29, 0.717) is 5.75 Å². The molecule has 0 aliphatic rings. The quantitative estimate of drug-likeness (QED) is 0.785. The standard InChI is InChI=1S/C14H19N3O3/c1-5-14(19)17(3)9-13(18)16-10(2)11-6-7-15-8-12(11)20-4/h5-8,10H,1,9H2,2-4H3,(H,16,18). The molecule has 1 heterocycles. The number of amides is 2. The van der Waals surface area contributed by atoms with Crippen molar-refractivity contribution in [1.82, 2.24) is 15.2 Å². The maximum atomic E-state index is 11.9. The first-order valence-corrected chi connectivity index (χ1v) is 6.14. The number of hydrogen-bond acceptors (Lipinski definition) is 4. The van der Waals surface area contributed by atoms with Gasteiger partial charge in [-0.05, 0) is 19.1 Å². The van der Waals surface area contributed by atoms with Gasteiger partial charge in [-0.1, -0.05) is 6.58 Å². The van der Waals surface area contributed by atoms with Crippen molar-refractivity contribution in [1.29, 1.82) is 0 Å². The molecule has 108 valence electrons. The van der Waals surface area contributed by atoms with Crippen LogP contribution in [0.2, 0.25) is 0 Å². The van der Waals surface area contributed by atoms with Crippen molar-refractivity contribution in [3.63, 3.8) is 0 Å². The van der Waals surface area contributed by atoms with Crippen LogP contribution in [-0.4, -0.2) is 42.4 Å². The Balaban J connectivity index is 2.66. The first-order valence-electron chi connectivity index (χ1n) is 6.14. The zero-order valence-electron chi connectivity index (χ0n) is 11.9. The minimum absolute atomic E-state index is 0.0252. The molecule has 0 aromatic carbocycles. The summed E-state index contributed by atoms with van der Waals surface area (Å²) in [5.74, 6) is 0.0548. The summed E-state index contributed by atoms with van der Waals surface area (Å²) in [4.78, 5) is 28.4. The number of carbonyl (C=O) groups excluding carboxylic acids is 2. The second kappa shape index (κ2) is 7.28. The van der Waals surface area contributed by atoms with Crippen LogP contribution in [0, 0.1) is 0 Å². The molecule has 1 atom stereocenters. The fourth-order valence-electron chi connectivity index (χ4n) is 1.73. The predicted molar refractivity (Wildman–Crippen MR) is 75.2 cm³/mol. The molecule has 1 aromatic heterocycles. The van der Waals surface area contributed by atoms with Gasteiger partial charge in [-0.15, -0.1) is 0 Å². The van der Waals surface area contributed by atoms with Crippen LogP contribution in [0.4, 0.5) is 0 Å². The zero-order valence-corrected chi connectivity index (χ0v) is 11.9. The van der Waals surface area contributed by atoms with E-state index in [-0.39, 0.29) is 24.4 Å². The molecule has 0 aliphatic carbocycles. The molecule has 0 saturated carbocycles. The number of nitrogens with zero attached hydrogens (tertiary/aromatic N) is 2. The van der Waals surface area contributed by atoms with Crippen LogP contribution in [0.15, 0.2) is 31.1 Å². The molecule has 1 N–H and O–H groups in total. The van der Waals surface area contributed by atoms with Crippen LogP contribution in [-0.2, 0) is 9.59 Å². The van der Waals surface area contributed by atoms with Crippen molar-refractivity contribution >= 4 is 11.8 Å². The Morgan fingerprint density at radius 2 is 2.30 bits per heavy atom. The average Bonchev–Trinajstić information content (AvgIpc) is 2.45. The molecule has 0 aliphatic heterocycles. The lowest BCUT2D eigenvalue weighted by Crippen LogP contribution is -2.38. The topological polar surface area (TPSA) is 71.5 Å². The second-order valence-electron chi connectivity index (χ2n) is 4.31. The van der Waals surface area contributed by atoms with Gasteiger partial charge in [0.15, 0.2) is 0 Å². The van der Waals surface area contributed by atoms with Crippen molar-refractivity contribution < 1.29 is 14.3 Å². The predicted octanol–water partition coefficient (Wildman–Crippen LogP) is 0.912. The van der Waals surface area contributed by atoms with Gasteiger partial charge in [-0.3, -0.25) is 14.6 Å². The van der Waals surface area contributed by atoms with Gasteiger partial charge in [-0.25, -0.2) is 0 Å². The number of ether oxygens (including phenoxy) is 1. The van der Waals surface area contributed by atoms with E-state index in [1.54, 1.807) is 32.6 Å². The largest absolute Gasteiger partial charge is 0.495 e. The van der Waals surface area contributed by atoms with Gasteiger partial charge in [0.2, 0.25) is 11.8 Å². The van der Waals surface area contributed by atoms with E-state index in [4.69, 9.17) is 4.74 Å². The average molecular weight is 277 g/mol. The SMILES string of the molecule is C=CC(=O)N(C)CC(=O)NC(C)c1ccncc1OC. The number of hydrogen-bond donors (Lipinski definition) is 1. The van der Waals surface area contributed by atoms with E-state index in [1.165, 1.54) is 11.0 Å². The highest BCUT2D eigenvalue weighted by molar-refractivity contribution is 5.90. The Kier molecular flexibility index (Phi) is 5.71. The van der Waals surface area contributed by atoms with Crippen molar-refractivity contribution in [2.45, 2.75) is 13.0 Å². The summed E-state index contributed by atoms with van der Waals surface area (Å²) in [6.45, 7) is 5.19. The lowest BCUT2D eigenvalue weighted by molar-refractivity contribution is -0.131. The number of rotatable bonds is 6. The highest BCUT2D eigenvalue weighted by atomic mass is 16.5. The summed E-state index contributed by atoms with van der Waals surface area (Å²) in [6.07, 6.45) is 4.39. The summed E-state index contributed by atoms with van der Waals surface area (Å²) < 4.78 is 5.19. The van der Waals surface area contributed by atoms with Gasteiger partial charge in [0, 0.05) is 18.8 Å². The molecule has 2 amide bonds. The van der Waals surface area contributed by atoms with Gasteiger partial charge < -0.3 is 15.0 Å². The van der Waals surface area contributed by atoms with Gasteiger partial charge in [0.05, 0.1) is 25.9 Å². The third kappa shape index (κ3) is 4.08. The fourth-order valence-corrected chi connectivity index (χ4v) is 1.73. The Morgan fingerprint density at radius 3 is 2.90 bits per heavy atom. The molecular weight excluding hydrogens is 258 g/mol. The first-order chi connectivity index (χ1) is 9.49. The van der Waals surface area contributed by atoms with E-state index in [2.05, 4.69) is 16.9 Å². The molecule has 6 nitrogen and oxygen atoms in total. The lowest BCUT2D eigenvalue weighted by atomic mass is 10.1. The lowest BCUT2D eigenvalue weighted by Gasteiger charge is -2.19. The molecule has 0 saturated heterocycles. The maximum absolute atomic E-state index is 11.9. The number of nitrogens with one attached hydrogen (secondary N) is 1. The molecular formula is C14H19N3O3. The number of carbonyl (C=O) groups is 2. The zero-order chi connectivity index (χ0) is 15.1. The van der Waals surface area contributed by atoms with Crippen LogP contribution in [0.5, 0.6) is 5.75 Å². The molecule has 0 bridgehead atoms. The van der Waals surface area contributed by atoms with Crippen LogP contribution in [0.3, 0.4) is 0 Å². The van der Waals surface area contributed by atoms with Crippen molar-refractivity contribution in [2.24, 2.45) is 0 Å². The van der Waals surface area contributed by atoms with Gasteiger partial charge in [0.25, 0.3) is 0 Å². The van der Waals surface area contributed by atoms with Crippen LogP contribution < -0.4 is 10.1 Å². The third-order valence-electron chi connectivity index (χ3n) is 2.81. The van der Waals surface area contributed by atoms with E-state index >= 15 is 0 Å². The summed E-state index contributed by atoms with van der Waals surface area (Å²) in [5, 5.41) is 2.81.